The summed E-state index contributed by atoms with van der Waals surface area (Å²) in [5.41, 5.74) is 3.53. The smallest absolute Gasteiger partial charge is 0.410 e. The van der Waals surface area contributed by atoms with Crippen molar-refractivity contribution in [3.05, 3.63) is 17.9 Å². The van der Waals surface area contributed by atoms with Crippen LogP contribution in [0.5, 0.6) is 0 Å². The van der Waals surface area contributed by atoms with Crippen molar-refractivity contribution in [1.82, 2.24) is 4.90 Å². The van der Waals surface area contributed by atoms with Gasteiger partial charge in [-0.25, -0.2) is 4.79 Å². The Morgan fingerprint density at radius 3 is 2.73 bits per heavy atom. The second-order valence-corrected chi connectivity index (χ2v) is 4.79. The Morgan fingerprint density at radius 2 is 2.20 bits per heavy atom. The third-order valence-corrected chi connectivity index (χ3v) is 2.19. The first-order chi connectivity index (χ1) is 6.92. The number of hydrogen-bond donors (Lipinski definition) is 0. The van der Waals surface area contributed by atoms with Gasteiger partial charge < -0.3 is 9.64 Å². The summed E-state index contributed by atoms with van der Waals surface area (Å²) in [4.78, 5) is 13.4. The molecule has 0 spiro atoms. The van der Waals surface area contributed by atoms with E-state index in [9.17, 15) is 4.79 Å². The number of amides is 1. The van der Waals surface area contributed by atoms with Gasteiger partial charge in [0.1, 0.15) is 5.60 Å². The van der Waals surface area contributed by atoms with Crippen LogP contribution in [-0.2, 0) is 4.74 Å². The monoisotopic (exact) mass is 209 g/mol. The number of rotatable bonds is 0. The minimum Gasteiger partial charge on any atom is -0.444 e. The highest BCUT2D eigenvalue weighted by Gasteiger charge is 2.24. The fraction of sp³-hybridized carbons (Fsp3) is 0.667. The van der Waals surface area contributed by atoms with E-state index in [0.717, 1.165) is 25.0 Å². The van der Waals surface area contributed by atoms with E-state index in [2.05, 4.69) is 12.3 Å². The second-order valence-electron chi connectivity index (χ2n) is 4.79. The van der Waals surface area contributed by atoms with Gasteiger partial charge in [-0.15, -0.1) is 5.73 Å². The molecule has 0 atom stereocenters. The number of hydrogen-bond acceptors (Lipinski definition) is 2. The molecule has 1 amide bonds. The van der Waals surface area contributed by atoms with Gasteiger partial charge in [-0.2, -0.15) is 0 Å². The maximum atomic E-state index is 11.7. The lowest BCUT2D eigenvalue weighted by molar-refractivity contribution is 0.0247. The Labute approximate surface area is 91.4 Å². The highest BCUT2D eigenvalue weighted by molar-refractivity contribution is 5.68. The second kappa shape index (κ2) is 4.54. The minimum atomic E-state index is -0.424. The Morgan fingerprint density at radius 1 is 1.53 bits per heavy atom. The van der Waals surface area contributed by atoms with E-state index < -0.39 is 5.60 Å². The lowest BCUT2D eigenvalue weighted by Gasteiger charge is -2.30. The summed E-state index contributed by atoms with van der Waals surface area (Å²) in [6.45, 7) is 10.6. The van der Waals surface area contributed by atoms with Gasteiger partial charge in [0, 0.05) is 6.54 Å². The van der Waals surface area contributed by atoms with Crippen LogP contribution in [0.3, 0.4) is 0 Å². The number of carbonyl (C=O) groups is 1. The van der Waals surface area contributed by atoms with Gasteiger partial charge in [-0.05, 0) is 39.2 Å². The van der Waals surface area contributed by atoms with E-state index in [0.29, 0.717) is 6.54 Å². The van der Waals surface area contributed by atoms with E-state index >= 15 is 0 Å². The van der Waals surface area contributed by atoms with Crippen LogP contribution in [0, 0.1) is 0 Å². The third kappa shape index (κ3) is 3.80. The average Bonchev–Trinajstić information content (AvgIpc) is 2.15. The minimum absolute atomic E-state index is 0.241. The molecule has 0 aromatic carbocycles. The molecule has 0 unspecified atom stereocenters. The molecule has 15 heavy (non-hydrogen) atoms. The Hall–Kier alpha value is -1.21. The van der Waals surface area contributed by atoms with Crippen LogP contribution in [0.15, 0.2) is 17.9 Å². The van der Waals surface area contributed by atoms with E-state index in [4.69, 9.17) is 4.74 Å². The molecule has 1 rings (SSSR count). The number of piperidine rings is 1. The van der Waals surface area contributed by atoms with Crippen molar-refractivity contribution in [1.29, 1.82) is 0 Å². The predicted octanol–water partition coefficient (Wildman–Crippen LogP) is 2.73. The molecule has 1 heterocycles. The van der Waals surface area contributed by atoms with Gasteiger partial charge in [0.05, 0.1) is 6.54 Å². The molecule has 0 N–H and O–H groups in total. The summed E-state index contributed by atoms with van der Waals surface area (Å²) in [6, 6.07) is 0. The summed E-state index contributed by atoms with van der Waals surface area (Å²) < 4.78 is 5.30. The zero-order chi connectivity index (χ0) is 11.5. The molecule has 0 aliphatic carbocycles. The quantitative estimate of drug-likeness (QED) is 0.574. The summed E-state index contributed by atoms with van der Waals surface area (Å²) in [6.07, 6.45) is 1.72. The fourth-order valence-corrected chi connectivity index (χ4v) is 1.50. The zero-order valence-electron chi connectivity index (χ0n) is 9.80. The molecule has 1 saturated heterocycles. The molecule has 1 aliphatic rings. The standard InChI is InChI=1S/C12H19NO2/c1-5-10-7-6-8-13(9-10)11(14)15-12(2,3)4/h1,6-9H2,2-4H3. The number of carbonyl (C=O) groups excluding carboxylic acids is 1. The van der Waals surface area contributed by atoms with Crippen LogP contribution >= 0.6 is 0 Å². The van der Waals surface area contributed by atoms with Crippen LogP contribution in [-0.4, -0.2) is 29.7 Å². The van der Waals surface area contributed by atoms with Crippen molar-refractivity contribution >= 4 is 6.09 Å². The SMILES string of the molecule is C=C=C1CCCN(C(=O)OC(C)(C)C)C1. The molecule has 0 aromatic heterocycles. The van der Waals surface area contributed by atoms with Crippen molar-refractivity contribution in [2.45, 2.75) is 39.2 Å². The topological polar surface area (TPSA) is 29.5 Å². The molecule has 3 heteroatoms. The molecular formula is C12H19NO2. The molecular weight excluding hydrogens is 190 g/mol. The lowest BCUT2D eigenvalue weighted by atomic mass is 10.1. The summed E-state index contributed by atoms with van der Waals surface area (Å²) >= 11 is 0. The molecule has 0 bridgehead atoms. The van der Waals surface area contributed by atoms with Gasteiger partial charge in [0.15, 0.2) is 0 Å². The van der Waals surface area contributed by atoms with Crippen LogP contribution in [0.2, 0.25) is 0 Å². The number of ether oxygens (including phenoxy) is 1. The van der Waals surface area contributed by atoms with Crippen LogP contribution in [0.1, 0.15) is 33.6 Å². The first-order valence-electron chi connectivity index (χ1n) is 5.28. The Kier molecular flexibility index (Phi) is 3.59. The third-order valence-electron chi connectivity index (χ3n) is 2.19. The largest absolute Gasteiger partial charge is 0.444 e. The van der Waals surface area contributed by atoms with Crippen molar-refractivity contribution in [3.63, 3.8) is 0 Å². The highest BCUT2D eigenvalue weighted by Crippen LogP contribution is 2.17. The van der Waals surface area contributed by atoms with Gasteiger partial charge in [0.25, 0.3) is 0 Å². The van der Waals surface area contributed by atoms with E-state index in [1.165, 1.54) is 0 Å². The van der Waals surface area contributed by atoms with E-state index in [1.807, 2.05) is 20.8 Å². The molecule has 3 nitrogen and oxygen atoms in total. The van der Waals surface area contributed by atoms with Gasteiger partial charge in [-0.1, -0.05) is 6.58 Å². The molecule has 1 fully saturated rings. The van der Waals surface area contributed by atoms with Crippen molar-refractivity contribution in [2.24, 2.45) is 0 Å². The van der Waals surface area contributed by atoms with Gasteiger partial charge in [-0.3, -0.25) is 0 Å². The summed E-state index contributed by atoms with van der Waals surface area (Å²) in [5.74, 6) is 0. The highest BCUT2D eigenvalue weighted by atomic mass is 16.6. The molecule has 1 aliphatic heterocycles. The fourth-order valence-electron chi connectivity index (χ4n) is 1.50. The van der Waals surface area contributed by atoms with Gasteiger partial charge >= 0.3 is 6.09 Å². The zero-order valence-corrected chi connectivity index (χ0v) is 9.80. The Balaban J connectivity index is 2.57. The normalized spacial score (nSPS) is 17.3. The van der Waals surface area contributed by atoms with E-state index in [1.54, 1.807) is 4.90 Å². The van der Waals surface area contributed by atoms with Crippen LogP contribution < -0.4 is 0 Å². The Bertz CT molecular complexity index is 295. The van der Waals surface area contributed by atoms with Crippen LogP contribution in [0.4, 0.5) is 4.79 Å². The summed E-state index contributed by atoms with van der Waals surface area (Å²) in [7, 11) is 0. The lowest BCUT2D eigenvalue weighted by Crippen LogP contribution is -2.40. The van der Waals surface area contributed by atoms with Crippen molar-refractivity contribution < 1.29 is 9.53 Å². The molecule has 0 aromatic rings. The van der Waals surface area contributed by atoms with Crippen LogP contribution in [0.25, 0.3) is 0 Å². The van der Waals surface area contributed by atoms with Crippen molar-refractivity contribution in [3.8, 4) is 0 Å². The average molecular weight is 209 g/mol. The number of likely N-dealkylation sites (tertiary alicyclic amines) is 1. The maximum Gasteiger partial charge on any atom is 0.410 e. The summed E-state index contributed by atoms with van der Waals surface area (Å²) in [5, 5.41) is 0. The maximum absolute atomic E-state index is 11.7. The first kappa shape index (κ1) is 11.9. The molecule has 84 valence electrons. The van der Waals surface area contributed by atoms with Crippen molar-refractivity contribution in [2.75, 3.05) is 13.1 Å². The van der Waals surface area contributed by atoms with E-state index in [-0.39, 0.29) is 6.09 Å². The molecule has 0 radical (unpaired) electrons. The predicted molar refractivity (Wildman–Crippen MR) is 59.7 cm³/mol. The molecule has 0 saturated carbocycles. The first-order valence-corrected chi connectivity index (χ1v) is 5.28. The number of nitrogens with zero attached hydrogens (tertiary/aromatic N) is 1. The van der Waals surface area contributed by atoms with Gasteiger partial charge in [0.2, 0.25) is 0 Å².